The van der Waals surface area contributed by atoms with Gasteiger partial charge in [-0.3, -0.25) is 9.78 Å². The summed E-state index contributed by atoms with van der Waals surface area (Å²) in [6.45, 7) is 21.8. The second-order valence-corrected chi connectivity index (χ2v) is 14.3. The van der Waals surface area contributed by atoms with Crippen LogP contribution in [0.3, 0.4) is 0 Å². The summed E-state index contributed by atoms with van der Waals surface area (Å²) in [4.78, 5) is 16.9. The molecule has 4 aromatic rings. The first kappa shape index (κ1) is 36.7. The summed E-state index contributed by atoms with van der Waals surface area (Å²) in [6.07, 6.45) is 5.95. The van der Waals surface area contributed by atoms with E-state index in [4.69, 9.17) is 4.98 Å². The maximum absolute atomic E-state index is 11.7. The number of aryl methyl sites for hydroxylation is 1. The predicted molar refractivity (Wildman–Crippen MR) is 187 cm³/mol. The van der Waals surface area contributed by atoms with E-state index in [1.54, 1.807) is 0 Å². The maximum Gasteiger partial charge on any atom is 0.162 e. The number of aliphatic hydroxyl groups is 1. The van der Waals surface area contributed by atoms with Crippen LogP contribution in [0.1, 0.15) is 110 Å². The van der Waals surface area contributed by atoms with Crippen LogP contribution in [0, 0.1) is 30.2 Å². The molecule has 3 nitrogen and oxygen atoms in total. The number of aliphatic hydroxyl groups excluding tert-OH is 1. The number of pyridine rings is 1. The average Bonchev–Trinajstić information content (AvgIpc) is 2.97. The van der Waals surface area contributed by atoms with Crippen LogP contribution in [0.25, 0.3) is 32.9 Å². The molecule has 0 atom stereocenters. The molecule has 1 aromatic heterocycles. The molecule has 0 spiro atoms. The van der Waals surface area contributed by atoms with E-state index in [-0.39, 0.29) is 54.3 Å². The third kappa shape index (κ3) is 7.61. The van der Waals surface area contributed by atoms with Crippen LogP contribution in [0.15, 0.2) is 60.4 Å². The van der Waals surface area contributed by atoms with Crippen molar-refractivity contribution in [3.05, 3.63) is 88.7 Å². The van der Waals surface area contributed by atoms with Gasteiger partial charge in [0.25, 0.3) is 0 Å². The van der Waals surface area contributed by atoms with Crippen molar-refractivity contribution in [3.63, 3.8) is 0 Å². The van der Waals surface area contributed by atoms with Gasteiger partial charge in [0.05, 0.1) is 11.3 Å². The number of fused-ring (bicyclic) bond motifs is 3. The average molecular weight is 783 g/mol. The number of hydrogen-bond acceptors (Lipinski definition) is 3. The molecular formula is C41H52IrNO2-. The van der Waals surface area contributed by atoms with Crippen LogP contribution in [-0.2, 0) is 36.7 Å². The van der Waals surface area contributed by atoms with Crippen LogP contribution in [0.4, 0.5) is 0 Å². The topological polar surface area (TPSA) is 50.2 Å². The first-order chi connectivity index (χ1) is 20.8. The van der Waals surface area contributed by atoms with Gasteiger partial charge >= 0.3 is 0 Å². The van der Waals surface area contributed by atoms with Gasteiger partial charge in [-0.1, -0.05) is 128 Å². The van der Waals surface area contributed by atoms with E-state index in [1.165, 1.54) is 44.5 Å². The summed E-state index contributed by atoms with van der Waals surface area (Å²) in [7, 11) is 0. The summed E-state index contributed by atoms with van der Waals surface area (Å²) < 4.78 is 0. The number of carbonyl (C=O) groups is 1. The zero-order valence-corrected chi connectivity index (χ0v) is 31.4. The molecule has 45 heavy (non-hydrogen) atoms. The van der Waals surface area contributed by atoms with Crippen molar-refractivity contribution in [2.45, 2.75) is 107 Å². The van der Waals surface area contributed by atoms with Gasteiger partial charge < -0.3 is 5.11 Å². The molecule has 5 rings (SSSR count). The molecule has 0 bridgehead atoms. The zero-order chi connectivity index (χ0) is 32.4. The van der Waals surface area contributed by atoms with Gasteiger partial charge in [-0.25, -0.2) is 0 Å². The number of rotatable bonds is 8. The molecule has 4 heteroatoms. The van der Waals surface area contributed by atoms with Crippen LogP contribution in [-0.4, -0.2) is 15.9 Å². The second-order valence-electron chi connectivity index (χ2n) is 14.3. The SMILES string of the molecule is CCC(CC)C(=O)/C=C(\O)C(CC)CC.Cc1c[c-]c2c3c(cccc13)C(C)(C)c1cc3c(CC(C)(C)C)cccc3nc1-2.[Ir]. The summed E-state index contributed by atoms with van der Waals surface area (Å²) in [5.41, 5.74) is 8.83. The van der Waals surface area contributed by atoms with E-state index in [0.717, 1.165) is 48.9 Å². The van der Waals surface area contributed by atoms with Crippen LogP contribution in [0.2, 0.25) is 0 Å². The first-order valence-electron chi connectivity index (χ1n) is 16.6. The van der Waals surface area contributed by atoms with E-state index >= 15 is 0 Å². The summed E-state index contributed by atoms with van der Waals surface area (Å²) in [6, 6.07) is 21.4. The number of hydrogen-bond donors (Lipinski definition) is 1. The molecule has 243 valence electrons. The fraction of sp³-hybridized carbons (Fsp3) is 0.463. The van der Waals surface area contributed by atoms with E-state index in [2.05, 4.69) is 96.1 Å². The quantitative estimate of drug-likeness (QED) is 0.110. The van der Waals surface area contributed by atoms with E-state index in [9.17, 15) is 9.90 Å². The Morgan fingerprint density at radius 2 is 1.56 bits per heavy atom. The minimum Gasteiger partial charge on any atom is -0.512 e. The Hall–Kier alpha value is -2.81. The van der Waals surface area contributed by atoms with E-state index < -0.39 is 0 Å². The molecule has 0 amide bonds. The third-order valence-corrected chi connectivity index (χ3v) is 9.51. The predicted octanol–water partition coefficient (Wildman–Crippen LogP) is 11.3. The fourth-order valence-electron chi connectivity index (χ4n) is 6.76. The largest absolute Gasteiger partial charge is 0.512 e. The van der Waals surface area contributed by atoms with E-state index in [1.807, 2.05) is 27.7 Å². The maximum atomic E-state index is 11.7. The molecule has 1 heterocycles. The Kier molecular flexibility index (Phi) is 12.0. The molecule has 1 N–H and O–H groups in total. The standard InChI is InChI=1S/C28H28N.C13H24O2.Ir/c1-17-13-14-20-25-19(17)10-8-11-22(25)28(5,6)23-15-21-18(16-27(2,3)4)9-7-12-24(21)29-26(20)23;1-5-10(6-2)12(14)9-13(15)11(7-3)8-4;/h7-13,15H,16H2,1-6H3;9-11,14H,5-8H2,1-4H3;/q-1;;/b;12-9-;. The fourth-order valence-corrected chi connectivity index (χ4v) is 6.76. The van der Waals surface area contributed by atoms with Gasteiger partial charge in [-0.05, 0) is 54.8 Å². The molecule has 1 aliphatic carbocycles. The molecule has 0 saturated carbocycles. The zero-order valence-electron chi connectivity index (χ0n) is 29.0. The number of nitrogens with zero attached hydrogens (tertiary/aromatic N) is 1. The van der Waals surface area contributed by atoms with Crippen LogP contribution < -0.4 is 0 Å². The second kappa shape index (κ2) is 14.7. The minimum absolute atomic E-state index is 0. The van der Waals surface area contributed by atoms with Gasteiger partial charge in [0.2, 0.25) is 0 Å². The molecule has 1 radical (unpaired) electrons. The van der Waals surface area contributed by atoms with Gasteiger partial charge in [0, 0.05) is 48.8 Å². The molecule has 0 unspecified atom stereocenters. The molecule has 0 saturated heterocycles. The normalized spacial score (nSPS) is 13.8. The Morgan fingerprint density at radius 1 is 0.933 bits per heavy atom. The van der Waals surface area contributed by atoms with Crippen molar-refractivity contribution in [1.82, 2.24) is 4.98 Å². The molecular weight excluding hydrogens is 731 g/mol. The number of aromatic nitrogens is 1. The van der Waals surface area contributed by atoms with Gasteiger partial charge in [0.15, 0.2) is 5.78 Å². The number of benzene rings is 3. The smallest absolute Gasteiger partial charge is 0.162 e. The Bertz CT molecular complexity index is 1680. The number of carbonyl (C=O) groups excluding carboxylic acids is 1. The van der Waals surface area contributed by atoms with Crippen LogP contribution >= 0.6 is 0 Å². The molecule has 0 fully saturated rings. The Labute approximate surface area is 285 Å². The molecule has 0 aliphatic heterocycles. The Morgan fingerprint density at radius 3 is 2.16 bits per heavy atom. The summed E-state index contributed by atoms with van der Waals surface area (Å²) in [5.74, 6) is 0.547. The van der Waals surface area contributed by atoms with Crippen molar-refractivity contribution < 1.29 is 30.0 Å². The van der Waals surface area contributed by atoms with Crippen molar-refractivity contribution in [2.24, 2.45) is 17.3 Å². The van der Waals surface area contributed by atoms with Gasteiger partial charge in [-0.15, -0.1) is 23.3 Å². The van der Waals surface area contributed by atoms with E-state index in [0.29, 0.717) is 0 Å². The summed E-state index contributed by atoms with van der Waals surface area (Å²) in [5, 5.41) is 13.7. The first-order valence-corrected chi connectivity index (χ1v) is 16.6. The van der Waals surface area contributed by atoms with Crippen molar-refractivity contribution in [3.8, 4) is 11.3 Å². The minimum atomic E-state index is -0.0977. The van der Waals surface area contributed by atoms with Crippen molar-refractivity contribution >= 4 is 27.5 Å². The number of ketones is 1. The molecule has 1 aliphatic rings. The van der Waals surface area contributed by atoms with Crippen molar-refractivity contribution in [1.29, 1.82) is 0 Å². The number of allylic oxidation sites excluding steroid dienone is 2. The third-order valence-electron chi connectivity index (χ3n) is 9.51. The monoisotopic (exact) mass is 783 g/mol. The summed E-state index contributed by atoms with van der Waals surface area (Å²) >= 11 is 0. The Balaban J connectivity index is 0.000000297. The van der Waals surface area contributed by atoms with Gasteiger partial charge in [0.1, 0.15) is 0 Å². The van der Waals surface area contributed by atoms with Crippen LogP contribution in [0.5, 0.6) is 0 Å². The molecule has 3 aromatic carbocycles. The van der Waals surface area contributed by atoms with Gasteiger partial charge in [-0.2, -0.15) is 0 Å². The van der Waals surface area contributed by atoms with Crippen molar-refractivity contribution in [2.75, 3.05) is 0 Å².